The van der Waals surface area contributed by atoms with Crippen LogP contribution in [0.15, 0.2) is 71.4 Å². The molecule has 0 aliphatic heterocycles. The first kappa shape index (κ1) is 18.7. The predicted octanol–water partition coefficient (Wildman–Crippen LogP) is 4.96. The first-order valence-corrected chi connectivity index (χ1v) is 9.41. The van der Waals surface area contributed by atoms with E-state index >= 15 is 0 Å². The fraction of sp³-hybridized carbons (Fsp3) is 0.174. The maximum absolute atomic E-state index is 6.30. The number of benzene rings is 2. The average Bonchev–Trinajstić information content (AvgIpc) is 3.25. The van der Waals surface area contributed by atoms with Crippen LogP contribution in [0.3, 0.4) is 0 Å². The number of nitrogens with zero attached hydrogens (tertiary/aromatic N) is 3. The number of rotatable bonds is 6. The fourth-order valence-corrected chi connectivity index (χ4v) is 3.05. The van der Waals surface area contributed by atoms with Gasteiger partial charge in [-0.3, -0.25) is 0 Å². The lowest BCUT2D eigenvalue weighted by atomic mass is 10.1. The number of hydrogen-bond acceptors (Lipinski definition) is 6. The molecule has 1 atom stereocenters. The first-order valence-electron chi connectivity index (χ1n) is 9.41. The van der Waals surface area contributed by atoms with Gasteiger partial charge in [-0.05, 0) is 49.2 Å². The molecule has 6 heteroatoms. The van der Waals surface area contributed by atoms with Crippen LogP contribution < -0.4 is 10.1 Å². The Labute approximate surface area is 169 Å². The molecule has 6 nitrogen and oxygen atoms in total. The number of aromatic nitrogens is 3. The maximum Gasteiger partial charge on any atom is 0.272 e. The molecule has 146 valence electrons. The summed E-state index contributed by atoms with van der Waals surface area (Å²) in [5, 5.41) is 7.22. The molecular formula is C23H22N4O2. The van der Waals surface area contributed by atoms with Gasteiger partial charge >= 0.3 is 0 Å². The SMILES string of the molecule is CNc1ncccc1-c1noc(C(Oc2ccc(C)c(C)c2)c2ccccc2)n1. The Morgan fingerprint density at radius 2 is 1.79 bits per heavy atom. The van der Waals surface area contributed by atoms with Crippen molar-refractivity contribution in [1.29, 1.82) is 0 Å². The molecule has 0 spiro atoms. The minimum Gasteiger partial charge on any atom is -0.476 e. The molecule has 0 radical (unpaired) electrons. The lowest BCUT2D eigenvalue weighted by Crippen LogP contribution is -2.10. The highest BCUT2D eigenvalue weighted by Gasteiger charge is 2.24. The van der Waals surface area contributed by atoms with Gasteiger partial charge in [0.25, 0.3) is 5.89 Å². The van der Waals surface area contributed by atoms with Gasteiger partial charge in [-0.25, -0.2) is 4.98 Å². The number of anilines is 1. The van der Waals surface area contributed by atoms with Gasteiger partial charge in [-0.1, -0.05) is 41.6 Å². The van der Waals surface area contributed by atoms with E-state index in [1.165, 1.54) is 5.56 Å². The second-order valence-electron chi connectivity index (χ2n) is 6.76. The zero-order valence-corrected chi connectivity index (χ0v) is 16.6. The molecule has 0 bridgehead atoms. The molecule has 2 heterocycles. The molecule has 1 N–H and O–H groups in total. The van der Waals surface area contributed by atoms with Crippen LogP contribution in [0.1, 0.15) is 28.7 Å². The molecule has 0 fully saturated rings. The smallest absolute Gasteiger partial charge is 0.272 e. The molecule has 2 aromatic heterocycles. The molecule has 0 saturated heterocycles. The van der Waals surface area contributed by atoms with E-state index in [0.717, 1.165) is 22.4 Å². The third-order valence-corrected chi connectivity index (χ3v) is 4.79. The quantitative estimate of drug-likeness (QED) is 0.505. The molecule has 0 aliphatic rings. The topological polar surface area (TPSA) is 73.1 Å². The van der Waals surface area contributed by atoms with Crippen LogP contribution >= 0.6 is 0 Å². The van der Waals surface area contributed by atoms with Crippen molar-refractivity contribution in [1.82, 2.24) is 15.1 Å². The first-order chi connectivity index (χ1) is 14.2. The van der Waals surface area contributed by atoms with Crippen LogP contribution in [0, 0.1) is 13.8 Å². The minimum absolute atomic E-state index is 0.385. The highest BCUT2D eigenvalue weighted by Crippen LogP contribution is 2.31. The van der Waals surface area contributed by atoms with Gasteiger partial charge in [0, 0.05) is 18.8 Å². The van der Waals surface area contributed by atoms with E-state index in [9.17, 15) is 0 Å². The second-order valence-corrected chi connectivity index (χ2v) is 6.76. The molecule has 4 rings (SSSR count). The van der Waals surface area contributed by atoms with Crippen LogP contribution in [0.5, 0.6) is 5.75 Å². The number of aryl methyl sites for hydroxylation is 2. The van der Waals surface area contributed by atoms with Gasteiger partial charge < -0.3 is 14.6 Å². The number of ether oxygens (including phenoxy) is 1. The summed E-state index contributed by atoms with van der Waals surface area (Å²) in [5.41, 5.74) is 4.07. The molecule has 2 aromatic carbocycles. The van der Waals surface area contributed by atoms with Crippen molar-refractivity contribution in [3.63, 3.8) is 0 Å². The second kappa shape index (κ2) is 8.14. The summed E-state index contributed by atoms with van der Waals surface area (Å²) < 4.78 is 11.9. The van der Waals surface area contributed by atoms with E-state index in [-0.39, 0.29) is 0 Å². The van der Waals surface area contributed by atoms with E-state index in [4.69, 9.17) is 9.26 Å². The van der Waals surface area contributed by atoms with Crippen LogP contribution in [-0.2, 0) is 0 Å². The van der Waals surface area contributed by atoms with Gasteiger partial charge in [-0.2, -0.15) is 4.98 Å². The Morgan fingerprint density at radius 1 is 0.966 bits per heavy atom. The van der Waals surface area contributed by atoms with Crippen LogP contribution in [0.25, 0.3) is 11.4 Å². The van der Waals surface area contributed by atoms with Crippen molar-refractivity contribution in [2.45, 2.75) is 20.0 Å². The van der Waals surface area contributed by atoms with Crippen molar-refractivity contribution in [3.05, 3.63) is 89.4 Å². The van der Waals surface area contributed by atoms with E-state index < -0.39 is 6.10 Å². The average molecular weight is 386 g/mol. The van der Waals surface area contributed by atoms with E-state index in [0.29, 0.717) is 17.5 Å². The normalized spacial score (nSPS) is 11.8. The Hall–Kier alpha value is -3.67. The van der Waals surface area contributed by atoms with Crippen molar-refractivity contribution < 1.29 is 9.26 Å². The van der Waals surface area contributed by atoms with Gasteiger partial charge in [-0.15, -0.1) is 0 Å². The summed E-state index contributed by atoms with van der Waals surface area (Å²) in [6.45, 7) is 4.14. The van der Waals surface area contributed by atoms with Crippen LogP contribution in [0.2, 0.25) is 0 Å². The highest BCUT2D eigenvalue weighted by molar-refractivity contribution is 5.69. The lowest BCUT2D eigenvalue weighted by Gasteiger charge is -2.17. The predicted molar refractivity (Wildman–Crippen MR) is 112 cm³/mol. The number of pyridine rings is 1. The Balaban J connectivity index is 1.72. The van der Waals surface area contributed by atoms with E-state index in [1.807, 2.05) is 67.7 Å². The molecule has 0 saturated carbocycles. The van der Waals surface area contributed by atoms with Crippen molar-refractivity contribution in [2.24, 2.45) is 0 Å². The highest BCUT2D eigenvalue weighted by atomic mass is 16.5. The number of hydrogen-bond donors (Lipinski definition) is 1. The molecule has 0 amide bonds. The van der Waals surface area contributed by atoms with Crippen LogP contribution in [0.4, 0.5) is 5.82 Å². The van der Waals surface area contributed by atoms with Crippen molar-refractivity contribution in [2.75, 3.05) is 12.4 Å². The fourth-order valence-electron chi connectivity index (χ4n) is 3.05. The van der Waals surface area contributed by atoms with Gasteiger partial charge in [0.05, 0.1) is 5.56 Å². The Morgan fingerprint density at radius 3 is 2.55 bits per heavy atom. The largest absolute Gasteiger partial charge is 0.476 e. The monoisotopic (exact) mass is 386 g/mol. The van der Waals surface area contributed by atoms with E-state index in [2.05, 4.69) is 34.3 Å². The summed E-state index contributed by atoms with van der Waals surface area (Å²) in [6.07, 6.45) is 1.20. The molecule has 4 aromatic rings. The molecule has 29 heavy (non-hydrogen) atoms. The van der Waals surface area contributed by atoms with Gasteiger partial charge in [0.1, 0.15) is 11.6 Å². The lowest BCUT2D eigenvalue weighted by molar-refractivity contribution is 0.193. The van der Waals surface area contributed by atoms with Crippen LogP contribution in [-0.4, -0.2) is 22.2 Å². The Kier molecular flexibility index (Phi) is 5.24. The maximum atomic E-state index is 6.30. The zero-order valence-electron chi connectivity index (χ0n) is 16.6. The summed E-state index contributed by atoms with van der Waals surface area (Å²) >= 11 is 0. The summed E-state index contributed by atoms with van der Waals surface area (Å²) in [4.78, 5) is 8.93. The third kappa shape index (κ3) is 3.96. The van der Waals surface area contributed by atoms with Gasteiger partial charge in [0.2, 0.25) is 11.9 Å². The van der Waals surface area contributed by atoms with E-state index in [1.54, 1.807) is 6.20 Å². The van der Waals surface area contributed by atoms with Crippen molar-refractivity contribution >= 4 is 5.82 Å². The third-order valence-electron chi connectivity index (χ3n) is 4.79. The molecule has 0 aliphatic carbocycles. The summed E-state index contributed by atoms with van der Waals surface area (Å²) in [7, 11) is 1.81. The van der Waals surface area contributed by atoms with Crippen molar-refractivity contribution in [3.8, 4) is 17.1 Å². The molecule has 1 unspecified atom stereocenters. The summed E-state index contributed by atoms with van der Waals surface area (Å²) in [5.74, 6) is 2.28. The zero-order chi connectivity index (χ0) is 20.2. The summed E-state index contributed by atoms with van der Waals surface area (Å²) in [6, 6.07) is 19.6. The van der Waals surface area contributed by atoms with Gasteiger partial charge in [0.15, 0.2) is 0 Å². The minimum atomic E-state index is -0.519. The molecular weight excluding hydrogens is 364 g/mol. The standard InChI is InChI=1S/C23H22N4O2/c1-15-11-12-18(14-16(15)2)28-20(17-8-5-4-6-9-17)23-26-22(27-29-23)19-10-7-13-25-21(19)24-3/h4-14,20H,1-3H3,(H,24,25). The Bertz CT molecular complexity index is 1110. The number of nitrogens with one attached hydrogen (secondary N) is 1.